The Morgan fingerprint density at radius 2 is 2.13 bits per heavy atom. The average Bonchev–Trinajstić information content (AvgIpc) is 2.27. The van der Waals surface area contributed by atoms with E-state index in [9.17, 15) is 9.18 Å². The lowest BCUT2D eigenvalue weighted by Gasteiger charge is -2.05. The first-order valence-electron chi connectivity index (χ1n) is 4.68. The summed E-state index contributed by atoms with van der Waals surface area (Å²) in [6, 6.07) is 9.26. The van der Waals surface area contributed by atoms with Crippen LogP contribution >= 0.6 is 0 Å². The standard InChI is InChI=1S/C12H13FO2/c1-2-11(13)8-12(14)15-9-10-6-4-3-5-7-10/h2-7,11H,1,8-9H2. The van der Waals surface area contributed by atoms with Crippen LogP contribution in [-0.4, -0.2) is 12.1 Å². The molecule has 0 fully saturated rings. The minimum Gasteiger partial charge on any atom is -0.461 e. The maximum absolute atomic E-state index is 12.7. The molecule has 0 bridgehead atoms. The van der Waals surface area contributed by atoms with Gasteiger partial charge < -0.3 is 4.74 Å². The van der Waals surface area contributed by atoms with Gasteiger partial charge in [0, 0.05) is 0 Å². The maximum atomic E-state index is 12.7. The number of benzene rings is 1. The van der Waals surface area contributed by atoms with Gasteiger partial charge in [0.2, 0.25) is 0 Å². The van der Waals surface area contributed by atoms with Crippen LogP contribution in [0, 0.1) is 0 Å². The van der Waals surface area contributed by atoms with E-state index in [-0.39, 0.29) is 13.0 Å². The highest BCUT2D eigenvalue weighted by molar-refractivity contribution is 5.70. The number of alkyl halides is 1. The normalized spacial score (nSPS) is 11.8. The molecule has 0 saturated carbocycles. The van der Waals surface area contributed by atoms with Gasteiger partial charge in [0.15, 0.2) is 0 Å². The lowest BCUT2D eigenvalue weighted by molar-refractivity contribution is -0.145. The molecule has 1 rings (SSSR count). The van der Waals surface area contributed by atoms with E-state index in [4.69, 9.17) is 4.74 Å². The monoisotopic (exact) mass is 208 g/mol. The Morgan fingerprint density at radius 1 is 1.47 bits per heavy atom. The SMILES string of the molecule is C=CC(F)CC(=O)OCc1ccccc1. The van der Waals surface area contributed by atoms with Crippen molar-refractivity contribution in [3.63, 3.8) is 0 Å². The summed E-state index contributed by atoms with van der Waals surface area (Å²) in [6.45, 7) is 3.43. The molecule has 80 valence electrons. The third kappa shape index (κ3) is 4.40. The fourth-order valence-electron chi connectivity index (χ4n) is 1.04. The molecule has 0 aliphatic carbocycles. The van der Waals surface area contributed by atoms with Crippen molar-refractivity contribution in [3.05, 3.63) is 48.6 Å². The molecular weight excluding hydrogens is 195 g/mol. The van der Waals surface area contributed by atoms with Crippen LogP contribution in [0.15, 0.2) is 43.0 Å². The molecule has 3 heteroatoms. The molecule has 1 unspecified atom stereocenters. The van der Waals surface area contributed by atoms with Crippen molar-refractivity contribution in [1.29, 1.82) is 0 Å². The fourth-order valence-corrected chi connectivity index (χ4v) is 1.04. The van der Waals surface area contributed by atoms with Gasteiger partial charge in [-0.05, 0) is 5.56 Å². The van der Waals surface area contributed by atoms with Gasteiger partial charge in [0.25, 0.3) is 0 Å². The Balaban J connectivity index is 2.31. The van der Waals surface area contributed by atoms with E-state index >= 15 is 0 Å². The zero-order valence-electron chi connectivity index (χ0n) is 8.36. The zero-order chi connectivity index (χ0) is 11.1. The number of esters is 1. The van der Waals surface area contributed by atoms with Crippen LogP contribution in [0.1, 0.15) is 12.0 Å². The number of halogens is 1. The van der Waals surface area contributed by atoms with Crippen LogP contribution in [-0.2, 0) is 16.1 Å². The maximum Gasteiger partial charge on any atom is 0.309 e. The van der Waals surface area contributed by atoms with Crippen LogP contribution in [0.3, 0.4) is 0 Å². The van der Waals surface area contributed by atoms with Crippen molar-refractivity contribution in [3.8, 4) is 0 Å². The molecule has 15 heavy (non-hydrogen) atoms. The van der Waals surface area contributed by atoms with E-state index in [2.05, 4.69) is 6.58 Å². The summed E-state index contributed by atoms with van der Waals surface area (Å²) in [5.41, 5.74) is 0.889. The van der Waals surface area contributed by atoms with E-state index in [0.29, 0.717) is 0 Å². The number of hydrogen-bond acceptors (Lipinski definition) is 2. The largest absolute Gasteiger partial charge is 0.461 e. The van der Waals surface area contributed by atoms with Gasteiger partial charge in [-0.15, -0.1) is 6.58 Å². The summed E-state index contributed by atoms with van der Waals surface area (Å²) < 4.78 is 17.6. The number of allylic oxidation sites excluding steroid dienone is 1. The summed E-state index contributed by atoms with van der Waals surface area (Å²) in [6.07, 6.45) is -0.506. The first-order chi connectivity index (χ1) is 7.22. The highest BCUT2D eigenvalue weighted by Gasteiger charge is 2.09. The van der Waals surface area contributed by atoms with Crippen LogP contribution in [0.4, 0.5) is 4.39 Å². The smallest absolute Gasteiger partial charge is 0.309 e. The third-order valence-corrected chi connectivity index (χ3v) is 1.86. The molecule has 1 atom stereocenters. The molecule has 1 aromatic rings. The van der Waals surface area contributed by atoms with Gasteiger partial charge in [-0.3, -0.25) is 4.79 Å². The molecule has 0 aliphatic rings. The van der Waals surface area contributed by atoms with E-state index < -0.39 is 12.1 Å². The second-order valence-electron chi connectivity index (χ2n) is 3.10. The van der Waals surface area contributed by atoms with Crippen LogP contribution in [0.2, 0.25) is 0 Å². The Labute approximate surface area is 88.4 Å². The number of carbonyl (C=O) groups excluding carboxylic acids is 1. The predicted octanol–water partition coefficient (Wildman–Crippen LogP) is 2.64. The molecule has 2 nitrogen and oxygen atoms in total. The molecule has 0 aliphatic heterocycles. The van der Waals surface area contributed by atoms with Gasteiger partial charge in [-0.1, -0.05) is 36.4 Å². The molecule has 0 amide bonds. The number of ether oxygens (including phenoxy) is 1. The van der Waals surface area contributed by atoms with Gasteiger partial charge >= 0.3 is 5.97 Å². The first-order valence-corrected chi connectivity index (χ1v) is 4.68. The molecule has 0 aromatic heterocycles. The summed E-state index contributed by atoms with van der Waals surface area (Å²) >= 11 is 0. The molecule has 0 N–H and O–H groups in total. The topological polar surface area (TPSA) is 26.3 Å². The first kappa shape index (κ1) is 11.4. The molecular formula is C12H13FO2. The number of rotatable bonds is 5. The molecule has 0 radical (unpaired) electrons. The Bertz CT molecular complexity index is 322. The van der Waals surface area contributed by atoms with Gasteiger partial charge in [-0.25, -0.2) is 4.39 Å². The lowest BCUT2D eigenvalue weighted by atomic mass is 10.2. The van der Waals surface area contributed by atoms with Crippen molar-refractivity contribution < 1.29 is 13.9 Å². The Hall–Kier alpha value is -1.64. The van der Waals surface area contributed by atoms with Gasteiger partial charge in [0.05, 0.1) is 6.42 Å². The predicted molar refractivity (Wildman–Crippen MR) is 55.9 cm³/mol. The Kier molecular flexibility index (Phi) is 4.54. The van der Waals surface area contributed by atoms with Crippen molar-refractivity contribution in [2.24, 2.45) is 0 Å². The molecule has 1 aromatic carbocycles. The number of carbonyl (C=O) groups is 1. The fraction of sp³-hybridized carbons (Fsp3) is 0.250. The summed E-state index contributed by atoms with van der Waals surface area (Å²) in [5.74, 6) is -0.550. The average molecular weight is 208 g/mol. The minimum absolute atomic E-state index is 0.184. The van der Waals surface area contributed by atoms with Crippen molar-refractivity contribution in [1.82, 2.24) is 0 Å². The Morgan fingerprint density at radius 3 is 2.73 bits per heavy atom. The highest BCUT2D eigenvalue weighted by atomic mass is 19.1. The summed E-state index contributed by atoms with van der Waals surface area (Å²) in [4.78, 5) is 11.1. The summed E-state index contributed by atoms with van der Waals surface area (Å²) in [5, 5.41) is 0. The van der Waals surface area contributed by atoms with Crippen molar-refractivity contribution >= 4 is 5.97 Å². The van der Waals surface area contributed by atoms with Crippen LogP contribution in [0.25, 0.3) is 0 Å². The van der Waals surface area contributed by atoms with E-state index in [0.717, 1.165) is 11.6 Å². The molecule has 0 spiro atoms. The van der Waals surface area contributed by atoms with Crippen LogP contribution < -0.4 is 0 Å². The summed E-state index contributed by atoms with van der Waals surface area (Å²) in [7, 11) is 0. The quantitative estimate of drug-likeness (QED) is 0.549. The van der Waals surface area contributed by atoms with Crippen molar-refractivity contribution in [2.45, 2.75) is 19.2 Å². The van der Waals surface area contributed by atoms with Gasteiger partial charge in [0.1, 0.15) is 12.8 Å². The number of hydrogen-bond donors (Lipinski definition) is 0. The molecule has 0 saturated heterocycles. The second-order valence-corrected chi connectivity index (χ2v) is 3.10. The third-order valence-electron chi connectivity index (χ3n) is 1.86. The van der Waals surface area contributed by atoms with E-state index in [1.54, 1.807) is 0 Å². The van der Waals surface area contributed by atoms with Gasteiger partial charge in [-0.2, -0.15) is 0 Å². The van der Waals surface area contributed by atoms with E-state index in [1.165, 1.54) is 0 Å². The molecule has 0 heterocycles. The van der Waals surface area contributed by atoms with Crippen molar-refractivity contribution in [2.75, 3.05) is 0 Å². The minimum atomic E-state index is -1.33. The lowest BCUT2D eigenvalue weighted by Crippen LogP contribution is -2.10. The van der Waals surface area contributed by atoms with E-state index in [1.807, 2.05) is 30.3 Å². The van der Waals surface area contributed by atoms with Crippen LogP contribution in [0.5, 0.6) is 0 Å². The zero-order valence-corrected chi connectivity index (χ0v) is 8.36. The highest BCUT2D eigenvalue weighted by Crippen LogP contribution is 2.04. The second kappa shape index (κ2) is 5.96.